The van der Waals surface area contributed by atoms with Crippen molar-refractivity contribution in [2.75, 3.05) is 26.4 Å². The van der Waals surface area contributed by atoms with Gasteiger partial charge < -0.3 is 79.7 Å². The molecule has 3 aliphatic heterocycles. The first-order valence-corrected chi connectivity index (χ1v) is 15.5. The van der Waals surface area contributed by atoms with Gasteiger partial charge in [-0.3, -0.25) is 9.59 Å². The van der Waals surface area contributed by atoms with Crippen molar-refractivity contribution in [1.82, 2.24) is 5.32 Å². The Morgan fingerprint density at radius 3 is 1.80 bits per heavy atom. The lowest BCUT2D eigenvalue weighted by Gasteiger charge is -2.48. The van der Waals surface area contributed by atoms with E-state index < -0.39 is 118 Å². The first kappa shape index (κ1) is 39.0. The molecule has 0 saturated carbocycles. The molecule has 0 aliphatic carbocycles. The Kier molecular flexibility index (Phi) is 15.5. The van der Waals surface area contributed by atoms with Crippen molar-refractivity contribution < 1.29 is 84.0 Å². The highest BCUT2D eigenvalue weighted by Crippen LogP contribution is 2.33. The molecule has 10 N–H and O–H groups in total. The lowest BCUT2D eigenvalue weighted by atomic mass is 9.95. The van der Waals surface area contributed by atoms with Crippen LogP contribution in [0.5, 0.6) is 0 Å². The molecule has 18 nitrogen and oxygen atoms in total. The highest BCUT2D eigenvalue weighted by Gasteiger charge is 2.54. The van der Waals surface area contributed by atoms with Crippen LogP contribution in [0.3, 0.4) is 0 Å². The molecule has 46 heavy (non-hydrogen) atoms. The smallest absolute Gasteiger partial charge is 0.217 e. The molecule has 0 aromatic rings. The minimum absolute atomic E-state index is 0.105. The minimum atomic E-state index is -1.92. The van der Waals surface area contributed by atoms with Gasteiger partial charge in [0.2, 0.25) is 5.91 Å². The van der Waals surface area contributed by atoms with Gasteiger partial charge in [0.05, 0.1) is 19.8 Å². The summed E-state index contributed by atoms with van der Waals surface area (Å²) in [7, 11) is 0. The first-order chi connectivity index (χ1) is 21.9. The molecule has 6 unspecified atom stereocenters. The molecule has 268 valence electrons. The Bertz CT molecular complexity index is 944. The summed E-state index contributed by atoms with van der Waals surface area (Å²) >= 11 is 0. The fraction of sp³-hybridized carbons (Fsp3) is 0.929. The quantitative estimate of drug-likeness (QED) is 0.0689. The van der Waals surface area contributed by atoms with Crippen LogP contribution in [0.25, 0.3) is 0 Å². The second-order valence-electron chi connectivity index (χ2n) is 11.7. The van der Waals surface area contributed by atoms with Crippen LogP contribution < -0.4 is 5.32 Å². The van der Waals surface area contributed by atoms with Crippen LogP contribution in [0.4, 0.5) is 0 Å². The summed E-state index contributed by atoms with van der Waals surface area (Å²) in [6.07, 6.45) is -20.2. The number of rotatable bonds is 16. The van der Waals surface area contributed by atoms with Crippen LogP contribution in [-0.4, -0.2) is 176 Å². The van der Waals surface area contributed by atoms with E-state index in [9.17, 15) is 55.5 Å². The maximum Gasteiger partial charge on any atom is 0.217 e. The second kappa shape index (κ2) is 18.3. The van der Waals surface area contributed by atoms with Gasteiger partial charge in [0, 0.05) is 26.4 Å². The highest BCUT2D eigenvalue weighted by molar-refractivity contribution is 5.78. The van der Waals surface area contributed by atoms with Gasteiger partial charge in [-0.1, -0.05) is 6.92 Å². The Morgan fingerprint density at radius 1 is 0.652 bits per heavy atom. The monoisotopic (exact) mass is 671 g/mol. The zero-order valence-electron chi connectivity index (χ0n) is 25.8. The van der Waals surface area contributed by atoms with Crippen LogP contribution >= 0.6 is 0 Å². The maximum atomic E-state index is 12.0. The molecule has 18 heteroatoms. The van der Waals surface area contributed by atoms with Crippen LogP contribution in [0, 0.1) is 0 Å². The van der Waals surface area contributed by atoms with Crippen molar-refractivity contribution in [2.45, 2.75) is 138 Å². The number of aliphatic hydroxyl groups is 9. The van der Waals surface area contributed by atoms with E-state index in [0.29, 0.717) is 25.7 Å². The molecule has 0 aromatic heterocycles. The van der Waals surface area contributed by atoms with E-state index in [4.69, 9.17) is 28.4 Å². The predicted molar refractivity (Wildman–Crippen MR) is 150 cm³/mol. The zero-order valence-corrected chi connectivity index (χ0v) is 25.8. The molecule has 0 spiro atoms. The van der Waals surface area contributed by atoms with Gasteiger partial charge in [-0.25, -0.2) is 0 Å². The molecule has 3 aliphatic rings. The number of amides is 1. The van der Waals surface area contributed by atoms with E-state index in [0.717, 1.165) is 6.42 Å². The highest BCUT2D eigenvalue weighted by atomic mass is 16.8. The van der Waals surface area contributed by atoms with Crippen molar-refractivity contribution in [3.05, 3.63) is 0 Å². The lowest BCUT2D eigenvalue weighted by Crippen LogP contribution is -2.68. The third-order valence-electron chi connectivity index (χ3n) is 8.14. The molecule has 0 bridgehead atoms. The van der Waals surface area contributed by atoms with E-state index in [1.54, 1.807) is 0 Å². The number of aliphatic hydroxyl groups excluding tert-OH is 9. The third-order valence-corrected chi connectivity index (χ3v) is 8.14. The summed E-state index contributed by atoms with van der Waals surface area (Å²) in [5.74, 6) is -0.426. The third kappa shape index (κ3) is 9.58. The lowest BCUT2D eigenvalue weighted by molar-refractivity contribution is -0.376. The molecular weight excluding hydrogens is 622 g/mol. The number of nitrogens with one attached hydrogen (secondary N) is 1. The van der Waals surface area contributed by atoms with Gasteiger partial charge in [0.15, 0.2) is 18.9 Å². The Balaban J connectivity index is 1.73. The molecule has 0 aromatic carbocycles. The molecule has 0 radical (unpaired) electrons. The number of Topliss-reactive ketones (excluding diaryl/α,β-unsaturated/α-hetero) is 1. The number of ether oxygens (including phenoxy) is 6. The van der Waals surface area contributed by atoms with Crippen LogP contribution in [0.15, 0.2) is 0 Å². The molecule has 3 saturated heterocycles. The molecule has 3 heterocycles. The summed E-state index contributed by atoms with van der Waals surface area (Å²) in [5, 5.41) is 95.7. The standard InChI is InChI=1S/C28H49NO17/c1-3-6-13(34)7-4-5-8-41-26-17(29-12(2)33)20(37)24(16(11-32)44-26)45-28-23(40)25(19(36)15(10-31)43-28)46-27-22(39)21(38)18(35)14(9-30)42-27/h14-28,30-32,35-40H,3-11H2,1-2H3,(H,29,33)/t14?,15?,16?,17?,18-,19-,20+,21-,22?,23?,24+,25-,26+,27+,28-/m0/s1. The van der Waals surface area contributed by atoms with E-state index in [1.165, 1.54) is 6.92 Å². The topological polar surface area (TPSA) is 284 Å². The van der Waals surface area contributed by atoms with Crippen molar-refractivity contribution in [3.63, 3.8) is 0 Å². The molecular formula is C28H49NO17. The normalized spacial score (nSPS) is 41.7. The average Bonchev–Trinajstić information content (AvgIpc) is 3.02. The fourth-order valence-corrected chi connectivity index (χ4v) is 5.61. The maximum absolute atomic E-state index is 12.0. The largest absolute Gasteiger partial charge is 0.394 e. The number of unbranched alkanes of at least 4 members (excludes halogenated alkanes) is 1. The van der Waals surface area contributed by atoms with Gasteiger partial charge in [-0.2, -0.15) is 0 Å². The molecule has 15 atom stereocenters. The average molecular weight is 672 g/mol. The van der Waals surface area contributed by atoms with Crippen molar-refractivity contribution in [2.24, 2.45) is 0 Å². The van der Waals surface area contributed by atoms with Crippen LogP contribution in [-0.2, 0) is 38.0 Å². The SMILES string of the molecule is CCCC(=O)CCCCO[C@@H]1OC(CO)[C@@H](O[C@@H]2OC(CO)[C@H](O)[C@H](O[C@H]3OC(CO)[C@H](O)[C@H](O)C3O)C2O)[C@H](O)C1NC(C)=O. The summed E-state index contributed by atoms with van der Waals surface area (Å²) in [5.41, 5.74) is 0. The molecule has 1 amide bonds. The Hall–Kier alpha value is -1.46. The number of ketones is 1. The summed E-state index contributed by atoms with van der Waals surface area (Å²) in [4.78, 5) is 23.8. The van der Waals surface area contributed by atoms with Crippen molar-refractivity contribution >= 4 is 11.7 Å². The van der Waals surface area contributed by atoms with Crippen LogP contribution in [0.1, 0.15) is 46.0 Å². The zero-order chi connectivity index (χ0) is 34.1. The fourth-order valence-electron chi connectivity index (χ4n) is 5.61. The molecule has 3 rings (SSSR count). The van der Waals surface area contributed by atoms with E-state index >= 15 is 0 Å². The summed E-state index contributed by atoms with van der Waals surface area (Å²) in [6.45, 7) is 0.905. The second-order valence-corrected chi connectivity index (χ2v) is 11.7. The van der Waals surface area contributed by atoms with Gasteiger partial charge in [0.25, 0.3) is 0 Å². The Labute approximate surface area is 265 Å². The summed E-state index contributed by atoms with van der Waals surface area (Å²) in [6, 6.07) is -1.23. The van der Waals surface area contributed by atoms with Gasteiger partial charge >= 0.3 is 0 Å². The van der Waals surface area contributed by atoms with Crippen molar-refractivity contribution in [1.29, 1.82) is 0 Å². The first-order valence-electron chi connectivity index (χ1n) is 15.5. The minimum Gasteiger partial charge on any atom is -0.394 e. The number of carbonyl (C=O) groups excluding carboxylic acids is 2. The van der Waals surface area contributed by atoms with E-state index in [1.807, 2.05) is 6.92 Å². The van der Waals surface area contributed by atoms with Crippen molar-refractivity contribution in [3.8, 4) is 0 Å². The molecule has 3 fully saturated rings. The van der Waals surface area contributed by atoms with E-state index in [2.05, 4.69) is 5.32 Å². The number of carbonyl (C=O) groups is 2. The van der Waals surface area contributed by atoms with E-state index in [-0.39, 0.29) is 12.4 Å². The summed E-state index contributed by atoms with van der Waals surface area (Å²) < 4.78 is 33.8. The Morgan fingerprint density at radius 2 is 1.22 bits per heavy atom. The van der Waals surface area contributed by atoms with Gasteiger partial charge in [-0.05, 0) is 19.3 Å². The van der Waals surface area contributed by atoms with Gasteiger partial charge in [0.1, 0.15) is 79.0 Å². The number of hydrogen-bond acceptors (Lipinski definition) is 17. The predicted octanol–water partition coefficient (Wildman–Crippen LogP) is -4.87. The van der Waals surface area contributed by atoms with Crippen LogP contribution in [0.2, 0.25) is 0 Å². The number of hydrogen-bond donors (Lipinski definition) is 10. The van der Waals surface area contributed by atoms with Gasteiger partial charge in [-0.15, -0.1) is 0 Å².